The van der Waals surface area contributed by atoms with Gasteiger partial charge in [-0.1, -0.05) is 25.3 Å². The van der Waals surface area contributed by atoms with Gasteiger partial charge in [-0.25, -0.2) is 4.68 Å². The number of likely N-dealkylation sites (tertiary alicyclic amines) is 1. The molecule has 0 bridgehead atoms. The number of benzene rings is 1. The lowest BCUT2D eigenvalue weighted by Gasteiger charge is -2.32. The Morgan fingerprint density at radius 1 is 1.03 bits per heavy atom. The Balaban J connectivity index is 1.65. The molecule has 1 aliphatic heterocycles. The number of quaternary nitrogens is 1. The van der Waals surface area contributed by atoms with Crippen molar-refractivity contribution in [3.8, 4) is 0 Å². The van der Waals surface area contributed by atoms with Gasteiger partial charge >= 0.3 is 0 Å². The van der Waals surface area contributed by atoms with Crippen LogP contribution >= 0.6 is 0 Å². The van der Waals surface area contributed by atoms with Gasteiger partial charge in [0.1, 0.15) is 0 Å². The summed E-state index contributed by atoms with van der Waals surface area (Å²) in [6.07, 6.45) is 9.59. The van der Waals surface area contributed by atoms with Gasteiger partial charge in [0.2, 0.25) is 5.82 Å². The number of fused-ring (bicyclic) bond motifs is 1. The maximum Gasteiger partial charge on any atom is 0.258 e. The Bertz CT molecular complexity index is 1120. The molecule has 2 fully saturated rings. The van der Waals surface area contributed by atoms with Crippen molar-refractivity contribution < 1.29 is 4.90 Å². The van der Waals surface area contributed by atoms with Crippen LogP contribution < -0.4 is 10.5 Å². The van der Waals surface area contributed by atoms with Gasteiger partial charge in [0.05, 0.1) is 24.7 Å². The molecular weight excluding hydrogens is 388 g/mol. The Kier molecular flexibility index (Phi) is 5.61. The molecule has 3 aromatic rings. The lowest BCUT2D eigenvalue weighted by Crippen LogP contribution is -3.13. The van der Waals surface area contributed by atoms with E-state index >= 15 is 0 Å². The fraction of sp³-hybridized carbons (Fsp3) is 0.583. The zero-order chi connectivity index (χ0) is 21.4. The van der Waals surface area contributed by atoms with Crippen molar-refractivity contribution in [3.63, 3.8) is 0 Å². The zero-order valence-corrected chi connectivity index (χ0v) is 18.7. The largest absolute Gasteiger partial charge is 0.322 e. The van der Waals surface area contributed by atoms with Crippen LogP contribution in [0.4, 0.5) is 0 Å². The molecule has 0 spiro atoms. The summed E-state index contributed by atoms with van der Waals surface area (Å²) in [6.45, 7) is 6.28. The van der Waals surface area contributed by atoms with Crippen molar-refractivity contribution in [3.05, 3.63) is 51.1 Å². The third kappa shape index (κ3) is 3.91. The second-order valence-electron chi connectivity index (χ2n) is 9.52. The van der Waals surface area contributed by atoms with Crippen LogP contribution in [-0.2, 0) is 0 Å². The predicted octanol–water partition coefficient (Wildman–Crippen LogP) is 2.79. The van der Waals surface area contributed by atoms with Crippen LogP contribution in [0.1, 0.15) is 86.0 Å². The van der Waals surface area contributed by atoms with E-state index in [9.17, 15) is 4.79 Å². The molecule has 3 heterocycles. The number of aromatic nitrogens is 5. The first-order valence-electron chi connectivity index (χ1n) is 11.9. The van der Waals surface area contributed by atoms with E-state index in [1.807, 2.05) is 0 Å². The fourth-order valence-corrected chi connectivity index (χ4v) is 5.72. The first kappa shape index (κ1) is 20.4. The highest BCUT2D eigenvalue weighted by molar-refractivity contribution is 5.83. The van der Waals surface area contributed by atoms with Crippen molar-refractivity contribution in [1.29, 1.82) is 0 Å². The number of nitrogens with one attached hydrogen (secondary N) is 2. The maximum absolute atomic E-state index is 13.4. The summed E-state index contributed by atoms with van der Waals surface area (Å²) in [7, 11) is 0. The van der Waals surface area contributed by atoms with Gasteiger partial charge in [0.25, 0.3) is 5.56 Å². The van der Waals surface area contributed by atoms with Crippen molar-refractivity contribution in [2.75, 3.05) is 13.1 Å². The van der Waals surface area contributed by atoms with Crippen molar-refractivity contribution in [2.24, 2.45) is 0 Å². The van der Waals surface area contributed by atoms with E-state index in [2.05, 4.69) is 57.2 Å². The van der Waals surface area contributed by atoms with E-state index in [0.29, 0.717) is 6.04 Å². The smallest absolute Gasteiger partial charge is 0.258 e. The van der Waals surface area contributed by atoms with Gasteiger partial charge in [-0.05, 0) is 79.6 Å². The van der Waals surface area contributed by atoms with Gasteiger partial charge in [-0.15, -0.1) is 5.10 Å². The van der Waals surface area contributed by atoms with Crippen molar-refractivity contribution in [2.45, 2.75) is 77.3 Å². The molecule has 2 aromatic heterocycles. The third-order valence-corrected chi connectivity index (χ3v) is 7.25. The number of rotatable bonds is 4. The highest BCUT2D eigenvalue weighted by atomic mass is 16.1. The number of aromatic amines is 1. The molecule has 0 amide bonds. The van der Waals surface area contributed by atoms with Crippen LogP contribution in [0.3, 0.4) is 0 Å². The molecule has 1 aromatic carbocycles. The first-order valence-corrected chi connectivity index (χ1v) is 11.9. The lowest BCUT2D eigenvalue weighted by molar-refractivity contribution is -0.931. The van der Waals surface area contributed by atoms with E-state index in [-0.39, 0.29) is 11.6 Å². The fourth-order valence-electron chi connectivity index (χ4n) is 5.72. The minimum Gasteiger partial charge on any atom is -0.322 e. The molecule has 2 aliphatic rings. The molecule has 1 saturated carbocycles. The van der Waals surface area contributed by atoms with E-state index in [1.54, 1.807) is 0 Å². The monoisotopic (exact) mass is 421 g/mol. The standard InChI is InChI=1S/C24H32N6O/c1-16-13-17(2)19-15-20(24(31)25-21(19)14-16)22(29-11-7-4-8-12-29)23-26-27-28-30(23)18-9-5-3-6-10-18/h13-15,18,22H,3-12H2,1-2H3,(H,25,31)/p+1/t22-/m1/s1. The van der Waals surface area contributed by atoms with E-state index in [4.69, 9.17) is 0 Å². The minimum atomic E-state index is -0.133. The Hall–Kier alpha value is -2.54. The van der Waals surface area contributed by atoms with Crippen LogP contribution in [0, 0.1) is 13.8 Å². The summed E-state index contributed by atoms with van der Waals surface area (Å²) < 4.78 is 2.05. The second kappa shape index (κ2) is 8.54. The molecule has 1 atom stereocenters. The maximum atomic E-state index is 13.4. The zero-order valence-electron chi connectivity index (χ0n) is 18.7. The molecule has 1 aliphatic carbocycles. The van der Waals surface area contributed by atoms with Crippen LogP contribution in [0.5, 0.6) is 0 Å². The summed E-state index contributed by atoms with van der Waals surface area (Å²) in [5.41, 5.74) is 4.03. The van der Waals surface area contributed by atoms with Gasteiger partial charge in [0.15, 0.2) is 6.04 Å². The predicted molar refractivity (Wildman–Crippen MR) is 120 cm³/mol. The molecule has 164 valence electrons. The van der Waals surface area contributed by atoms with E-state index in [0.717, 1.165) is 53.8 Å². The van der Waals surface area contributed by atoms with Crippen molar-refractivity contribution in [1.82, 2.24) is 25.2 Å². The molecular formula is C24H33N6O+. The van der Waals surface area contributed by atoms with Crippen LogP contribution in [-0.4, -0.2) is 38.3 Å². The van der Waals surface area contributed by atoms with Gasteiger partial charge < -0.3 is 9.88 Å². The van der Waals surface area contributed by atoms with Gasteiger partial charge in [-0.3, -0.25) is 4.79 Å². The second-order valence-corrected chi connectivity index (χ2v) is 9.52. The first-order chi connectivity index (χ1) is 15.1. The molecule has 0 radical (unpaired) electrons. The summed E-state index contributed by atoms with van der Waals surface area (Å²) in [5.74, 6) is 0.860. The normalized spacial score (nSPS) is 19.7. The van der Waals surface area contributed by atoms with Gasteiger partial charge in [0, 0.05) is 10.9 Å². The average molecular weight is 422 g/mol. The highest BCUT2D eigenvalue weighted by Gasteiger charge is 2.36. The van der Waals surface area contributed by atoms with Crippen molar-refractivity contribution >= 4 is 10.9 Å². The Labute approximate surface area is 182 Å². The highest BCUT2D eigenvalue weighted by Crippen LogP contribution is 2.30. The number of tetrazole rings is 1. The Morgan fingerprint density at radius 3 is 2.55 bits per heavy atom. The average Bonchev–Trinajstić information content (AvgIpc) is 3.25. The van der Waals surface area contributed by atoms with Crippen LogP contribution in [0.25, 0.3) is 10.9 Å². The molecule has 31 heavy (non-hydrogen) atoms. The topological polar surface area (TPSA) is 80.9 Å². The minimum absolute atomic E-state index is 0.0150. The number of aryl methyl sites for hydroxylation is 2. The number of H-pyrrole nitrogens is 1. The van der Waals surface area contributed by atoms with Gasteiger partial charge in [-0.2, -0.15) is 0 Å². The number of pyridine rings is 1. The quantitative estimate of drug-likeness (QED) is 0.679. The molecule has 1 saturated heterocycles. The number of nitrogens with zero attached hydrogens (tertiary/aromatic N) is 4. The number of hydrogen-bond acceptors (Lipinski definition) is 4. The molecule has 7 heteroatoms. The number of piperidine rings is 1. The summed E-state index contributed by atoms with van der Waals surface area (Å²) in [6, 6.07) is 6.55. The summed E-state index contributed by atoms with van der Waals surface area (Å²) in [5, 5.41) is 14.2. The SMILES string of the molecule is Cc1cc(C)c2cc([C@H](c3nnnn3C3CCCCC3)[NH+]3CCCCC3)c(=O)[nH]c2c1. The third-order valence-electron chi connectivity index (χ3n) is 7.25. The molecule has 5 rings (SSSR count). The number of hydrogen-bond donors (Lipinski definition) is 2. The van der Waals surface area contributed by atoms with E-state index in [1.165, 1.54) is 49.0 Å². The Morgan fingerprint density at radius 2 is 1.77 bits per heavy atom. The summed E-state index contributed by atoms with van der Waals surface area (Å²) >= 11 is 0. The molecule has 2 N–H and O–H groups in total. The van der Waals surface area contributed by atoms with Crippen LogP contribution in [0.2, 0.25) is 0 Å². The van der Waals surface area contributed by atoms with E-state index < -0.39 is 0 Å². The molecule has 7 nitrogen and oxygen atoms in total. The summed E-state index contributed by atoms with van der Waals surface area (Å²) in [4.78, 5) is 18.0. The van der Waals surface area contributed by atoms with Crippen LogP contribution in [0.15, 0.2) is 23.0 Å². The molecule has 0 unspecified atom stereocenters. The lowest BCUT2D eigenvalue weighted by atomic mass is 9.94.